The SMILES string of the molecule is CCC1CCC(c2ccc(-c3cnc(-c4ccc(CC(NC(=O)c5ccc(C(C)(C)C)s5)C(=O)O)cc4)nn3)cc2)CC1. The second-order valence-electron chi connectivity index (χ2n) is 12.6. The van der Waals surface area contributed by atoms with E-state index >= 15 is 0 Å². The standard InChI is InChI=1S/C35H40N4O3S/c1-5-22-6-10-24(11-7-22)25-14-16-26(17-15-25)29-21-36-32(39-38-29)27-12-8-23(9-13-27)20-28(34(41)42)37-33(40)30-18-19-31(43-30)35(2,3)4/h8-9,12-19,21-22,24,28H,5-7,10-11,20H2,1-4H3,(H,37,40)(H,41,42). The van der Waals surface area contributed by atoms with E-state index in [1.54, 1.807) is 12.3 Å². The topological polar surface area (TPSA) is 105 Å². The van der Waals surface area contributed by atoms with E-state index < -0.39 is 12.0 Å². The first kappa shape index (κ1) is 30.5. The Labute approximate surface area is 257 Å². The number of thiophene rings is 1. The van der Waals surface area contributed by atoms with Gasteiger partial charge in [-0.25, -0.2) is 9.78 Å². The number of hydrogen-bond donors (Lipinski definition) is 2. The molecule has 8 heteroatoms. The Bertz CT molecular complexity index is 1530. The summed E-state index contributed by atoms with van der Waals surface area (Å²) in [5, 5.41) is 21.2. The predicted molar refractivity (Wildman–Crippen MR) is 171 cm³/mol. The van der Waals surface area contributed by atoms with Crippen LogP contribution in [0, 0.1) is 5.92 Å². The number of carboxylic acid groups (broad SMARTS) is 1. The van der Waals surface area contributed by atoms with Gasteiger partial charge in [0.05, 0.1) is 11.1 Å². The smallest absolute Gasteiger partial charge is 0.326 e. The van der Waals surface area contributed by atoms with Gasteiger partial charge in [-0.3, -0.25) is 4.79 Å². The molecule has 2 heterocycles. The van der Waals surface area contributed by atoms with Crippen LogP contribution >= 0.6 is 11.3 Å². The molecule has 43 heavy (non-hydrogen) atoms. The van der Waals surface area contributed by atoms with E-state index in [1.807, 2.05) is 30.3 Å². The summed E-state index contributed by atoms with van der Waals surface area (Å²) in [7, 11) is 0. The van der Waals surface area contributed by atoms with Crippen LogP contribution in [0.15, 0.2) is 66.9 Å². The highest BCUT2D eigenvalue weighted by atomic mass is 32.1. The molecule has 0 spiro atoms. The van der Waals surface area contributed by atoms with Gasteiger partial charge in [-0.05, 0) is 66.2 Å². The van der Waals surface area contributed by atoms with Gasteiger partial charge in [0.2, 0.25) is 0 Å². The highest BCUT2D eigenvalue weighted by molar-refractivity contribution is 7.14. The first-order valence-corrected chi connectivity index (χ1v) is 16.0. The number of hydrogen-bond acceptors (Lipinski definition) is 6. The third-order valence-electron chi connectivity index (χ3n) is 8.49. The highest BCUT2D eigenvalue weighted by Gasteiger charge is 2.24. The molecule has 2 aromatic carbocycles. The van der Waals surface area contributed by atoms with Crippen molar-refractivity contribution in [2.24, 2.45) is 5.92 Å². The minimum atomic E-state index is -1.08. The number of aromatic nitrogens is 3. The number of aliphatic carboxylic acids is 1. The number of amides is 1. The zero-order valence-electron chi connectivity index (χ0n) is 25.3. The molecule has 1 fully saturated rings. The van der Waals surface area contributed by atoms with Crippen LogP contribution in [0.5, 0.6) is 0 Å². The number of carbonyl (C=O) groups is 2. The molecule has 224 valence electrons. The molecule has 0 bridgehead atoms. The fourth-order valence-corrected chi connectivity index (χ4v) is 6.65. The fourth-order valence-electron chi connectivity index (χ4n) is 5.69. The lowest BCUT2D eigenvalue weighted by molar-refractivity contribution is -0.139. The minimum Gasteiger partial charge on any atom is -0.480 e. The Hall–Kier alpha value is -3.91. The molecule has 5 rings (SSSR count). The maximum atomic E-state index is 12.8. The zero-order chi connectivity index (χ0) is 30.6. The van der Waals surface area contributed by atoms with Gasteiger partial charge >= 0.3 is 5.97 Å². The largest absolute Gasteiger partial charge is 0.480 e. The van der Waals surface area contributed by atoms with Gasteiger partial charge in [-0.15, -0.1) is 21.5 Å². The van der Waals surface area contributed by atoms with E-state index in [1.165, 1.54) is 49.0 Å². The molecule has 7 nitrogen and oxygen atoms in total. The average molecular weight is 597 g/mol. The lowest BCUT2D eigenvalue weighted by Gasteiger charge is -2.28. The first-order chi connectivity index (χ1) is 20.6. The molecule has 1 saturated carbocycles. The summed E-state index contributed by atoms with van der Waals surface area (Å²) in [4.78, 5) is 30.9. The summed E-state index contributed by atoms with van der Waals surface area (Å²) < 4.78 is 0. The minimum absolute atomic E-state index is 0.0742. The van der Waals surface area contributed by atoms with Crippen molar-refractivity contribution in [1.29, 1.82) is 0 Å². The second kappa shape index (κ2) is 13.2. The van der Waals surface area contributed by atoms with Crippen LogP contribution < -0.4 is 5.32 Å². The molecule has 1 aliphatic carbocycles. The van der Waals surface area contributed by atoms with Gasteiger partial charge in [0.25, 0.3) is 5.91 Å². The molecule has 0 saturated heterocycles. The Morgan fingerprint density at radius 1 is 0.930 bits per heavy atom. The van der Waals surface area contributed by atoms with E-state index in [0.29, 0.717) is 16.6 Å². The van der Waals surface area contributed by atoms with Crippen LogP contribution in [0.25, 0.3) is 22.6 Å². The maximum Gasteiger partial charge on any atom is 0.326 e. The Balaban J connectivity index is 1.19. The van der Waals surface area contributed by atoms with Crippen molar-refractivity contribution in [2.45, 2.75) is 83.6 Å². The van der Waals surface area contributed by atoms with Crippen molar-refractivity contribution in [3.63, 3.8) is 0 Å². The molecular weight excluding hydrogens is 556 g/mol. The quantitative estimate of drug-likeness (QED) is 0.205. The Morgan fingerprint density at radius 3 is 2.16 bits per heavy atom. The number of benzene rings is 2. The molecule has 2 aromatic heterocycles. The molecule has 0 radical (unpaired) electrons. The van der Waals surface area contributed by atoms with E-state index in [2.05, 4.69) is 72.5 Å². The predicted octanol–water partition coefficient (Wildman–Crippen LogP) is 7.67. The van der Waals surface area contributed by atoms with Crippen molar-refractivity contribution < 1.29 is 14.7 Å². The summed E-state index contributed by atoms with van der Waals surface area (Å²) in [6.45, 7) is 8.54. The van der Waals surface area contributed by atoms with Crippen molar-refractivity contribution >= 4 is 23.2 Å². The van der Waals surface area contributed by atoms with Gasteiger partial charge in [-0.2, -0.15) is 0 Å². The summed E-state index contributed by atoms with van der Waals surface area (Å²) in [5.74, 6) is 0.578. The van der Waals surface area contributed by atoms with Gasteiger partial charge in [0, 0.05) is 22.4 Å². The molecular formula is C35H40N4O3S. The summed E-state index contributed by atoms with van der Waals surface area (Å²) >= 11 is 1.39. The number of nitrogens with zero attached hydrogens (tertiary/aromatic N) is 3. The van der Waals surface area contributed by atoms with Gasteiger partial charge in [0.1, 0.15) is 11.7 Å². The molecule has 2 N–H and O–H groups in total. The van der Waals surface area contributed by atoms with Crippen molar-refractivity contribution in [3.05, 3.63) is 87.7 Å². The third kappa shape index (κ3) is 7.54. The Morgan fingerprint density at radius 2 is 1.60 bits per heavy atom. The van der Waals surface area contributed by atoms with Crippen LogP contribution in [-0.4, -0.2) is 38.2 Å². The Kier molecular flexibility index (Phi) is 9.35. The monoisotopic (exact) mass is 596 g/mol. The summed E-state index contributed by atoms with van der Waals surface area (Å²) in [6.07, 6.45) is 8.38. The zero-order valence-corrected chi connectivity index (χ0v) is 26.2. The molecule has 1 aliphatic rings. The van der Waals surface area contributed by atoms with Crippen molar-refractivity contribution in [3.8, 4) is 22.6 Å². The molecule has 1 unspecified atom stereocenters. The van der Waals surface area contributed by atoms with Gasteiger partial charge < -0.3 is 10.4 Å². The normalized spacial score (nSPS) is 17.8. The van der Waals surface area contributed by atoms with Crippen LogP contribution in [0.4, 0.5) is 0 Å². The molecule has 1 amide bonds. The molecule has 0 aliphatic heterocycles. The first-order valence-electron chi connectivity index (χ1n) is 15.1. The second-order valence-corrected chi connectivity index (χ2v) is 13.7. The number of nitrogens with one attached hydrogen (secondary N) is 1. The van der Waals surface area contributed by atoms with Crippen LogP contribution in [0.2, 0.25) is 0 Å². The van der Waals surface area contributed by atoms with Crippen LogP contribution in [0.1, 0.15) is 91.4 Å². The van der Waals surface area contributed by atoms with Gasteiger partial charge in [-0.1, -0.05) is 82.6 Å². The molecule has 4 aromatic rings. The lowest BCUT2D eigenvalue weighted by atomic mass is 9.78. The highest BCUT2D eigenvalue weighted by Crippen LogP contribution is 2.37. The fraction of sp³-hybridized carbons (Fsp3) is 0.400. The van der Waals surface area contributed by atoms with Crippen LogP contribution in [0.3, 0.4) is 0 Å². The van der Waals surface area contributed by atoms with E-state index in [-0.39, 0.29) is 17.7 Å². The summed E-state index contributed by atoms with van der Waals surface area (Å²) in [5.41, 5.74) is 4.61. The van der Waals surface area contributed by atoms with Crippen molar-refractivity contribution in [1.82, 2.24) is 20.5 Å². The maximum absolute atomic E-state index is 12.8. The van der Waals surface area contributed by atoms with E-state index in [9.17, 15) is 14.7 Å². The van der Waals surface area contributed by atoms with Crippen LogP contribution in [-0.2, 0) is 16.6 Å². The number of carboxylic acids is 1. The van der Waals surface area contributed by atoms with E-state index in [0.717, 1.165) is 33.2 Å². The van der Waals surface area contributed by atoms with Gasteiger partial charge in [0.15, 0.2) is 5.82 Å². The number of rotatable bonds is 9. The average Bonchev–Trinajstić information content (AvgIpc) is 3.53. The third-order valence-corrected chi connectivity index (χ3v) is 10.00. The summed E-state index contributed by atoms with van der Waals surface area (Å²) in [6, 6.07) is 18.7. The number of carbonyl (C=O) groups excluding carboxylic acids is 1. The van der Waals surface area contributed by atoms with Crippen molar-refractivity contribution in [2.75, 3.05) is 0 Å². The van der Waals surface area contributed by atoms with E-state index in [4.69, 9.17) is 0 Å². The molecule has 1 atom stereocenters. The lowest BCUT2D eigenvalue weighted by Crippen LogP contribution is -2.42.